The third kappa shape index (κ3) is 4.30. The number of nitriles is 1. The van der Waals surface area contributed by atoms with Crippen molar-refractivity contribution in [1.29, 1.82) is 5.26 Å². The second-order valence-electron chi connectivity index (χ2n) is 7.40. The molecule has 4 nitrogen and oxygen atoms in total. The second kappa shape index (κ2) is 9.07. The molecule has 0 atom stereocenters. The van der Waals surface area contributed by atoms with Gasteiger partial charge >= 0.3 is 0 Å². The van der Waals surface area contributed by atoms with Gasteiger partial charge in [0.1, 0.15) is 29.8 Å². The summed E-state index contributed by atoms with van der Waals surface area (Å²) in [6, 6.07) is 15.7. The van der Waals surface area contributed by atoms with E-state index in [1.807, 2.05) is 42.5 Å². The number of aryl methyl sites for hydroxylation is 1. The van der Waals surface area contributed by atoms with E-state index in [0.717, 1.165) is 64.5 Å². The average molecular weight is 483 g/mol. The average Bonchev–Trinajstić information content (AvgIpc) is 2.98. The van der Waals surface area contributed by atoms with Crippen molar-refractivity contribution in [1.82, 2.24) is 4.98 Å². The third-order valence-electron chi connectivity index (χ3n) is 5.38. The minimum atomic E-state index is 0.289. The van der Waals surface area contributed by atoms with Gasteiger partial charge in [0.05, 0.1) is 0 Å². The van der Waals surface area contributed by atoms with E-state index in [1.54, 1.807) is 0 Å². The number of rotatable bonds is 4. The molecular weight excluding hydrogens is 462 g/mol. The molecule has 0 radical (unpaired) electrons. The van der Waals surface area contributed by atoms with Gasteiger partial charge in [0.2, 0.25) is 0 Å². The number of halogens is 2. The summed E-state index contributed by atoms with van der Waals surface area (Å²) >= 11 is 9.56. The van der Waals surface area contributed by atoms with Crippen LogP contribution in [-0.4, -0.2) is 4.98 Å². The number of pyridine rings is 1. The zero-order valence-electron chi connectivity index (χ0n) is 16.4. The van der Waals surface area contributed by atoms with E-state index in [-0.39, 0.29) is 5.82 Å². The normalized spacial score (nSPS) is 13.2. The Hall–Kier alpha value is -2.55. The fourth-order valence-electron chi connectivity index (χ4n) is 3.91. The number of fused-ring (bicyclic) bond motifs is 1. The fourth-order valence-corrected chi connectivity index (χ4v) is 4.40. The summed E-state index contributed by atoms with van der Waals surface area (Å²) in [5.41, 5.74) is 11.5. The highest BCUT2D eigenvalue weighted by atomic mass is 79.9. The molecular formula is C24H21BrClN3O. The number of hydrogen-bond donors (Lipinski definition) is 1. The maximum absolute atomic E-state index is 9.89. The number of aromatic nitrogens is 1. The van der Waals surface area contributed by atoms with Crippen molar-refractivity contribution in [3.63, 3.8) is 0 Å². The van der Waals surface area contributed by atoms with Crippen LogP contribution in [-0.2, 0) is 19.4 Å². The maximum Gasteiger partial charge on any atom is 0.142 e. The molecule has 3 aromatic rings. The van der Waals surface area contributed by atoms with E-state index in [9.17, 15) is 5.26 Å². The molecule has 2 N–H and O–H groups in total. The minimum absolute atomic E-state index is 0.289. The highest BCUT2D eigenvalue weighted by molar-refractivity contribution is 9.10. The first-order chi connectivity index (χ1) is 14.6. The number of hydrogen-bond acceptors (Lipinski definition) is 4. The van der Waals surface area contributed by atoms with Gasteiger partial charge in [-0.15, -0.1) is 0 Å². The van der Waals surface area contributed by atoms with Gasteiger partial charge in [0.15, 0.2) is 0 Å². The Labute approximate surface area is 189 Å². The third-order valence-corrected chi connectivity index (χ3v) is 6.13. The molecule has 4 rings (SSSR count). The van der Waals surface area contributed by atoms with Crippen LogP contribution in [0.3, 0.4) is 0 Å². The Balaban J connectivity index is 1.82. The van der Waals surface area contributed by atoms with Gasteiger partial charge in [0.25, 0.3) is 0 Å². The van der Waals surface area contributed by atoms with Gasteiger partial charge in [-0.05, 0) is 67.1 Å². The molecule has 0 bridgehead atoms. The van der Waals surface area contributed by atoms with Crippen molar-refractivity contribution in [3.8, 4) is 22.9 Å². The van der Waals surface area contributed by atoms with E-state index in [2.05, 4.69) is 27.0 Å². The van der Waals surface area contributed by atoms with Crippen LogP contribution in [0.4, 0.5) is 5.82 Å². The van der Waals surface area contributed by atoms with Gasteiger partial charge in [-0.3, -0.25) is 0 Å². The lowest BCUT2D eigenvalue weighted by Gasteiger charge is -2.19. The zero-order valence-corrected chi connectivity index (χ0v) is 18.8. The molecule has 1 heterocycles. The number of nitrogens with zero attached hydrogens (tertiary/aromatic N) is 2. The topological polar surface area (TPSA) is 71.9 Å². The van der Waals surface area contributed by atoms with Crippen LogP contribution in [0.1, 0.15) is 41.6 Å². The Morgan fingerprint density at radius 2 is 1.87 bits per heavy atom. The minimum Gasteiger partial charge on any atom is -0.488 e. The molecule has 0 fully saturated rings. The summed E-state index contributed by atoms with van der Waals surface area (Å²) in [5.74, 6) is 0.999. The zero-order chi connectivity index (χ0) is 21.1. The summed E-state index contributed by atoms with van der Waals surface area (Å²) in [4.78, 5) is 4.57. The first-order valence-corrected chi connectivity index (χ1v) is 11.1. The van der Waals surface area contributed by atoms with Crippen molar-refractivity contribution in [2.24, 2.45) is 0 Å². The number of benzene rings is 2. The number of nitrogens with two attached hydrogens (primary N) is 1. The van der Waals surface area contributed by atoms with Crippen LogP contribution < -0.4 is 10.5 Å². The van der Waals surface area contributed by atoms with Crippen LogP contribution in [0.15, 0.2) is 46.9 Å². The van der Waals surface area contributed by atoms with Gasteiger partial charge in [-0.25, -0.2) is 4.98 Å². The predicted octanol–water partition coefficient (Wildman–Crippen LogP) is 6.47. The quantitative estimate of drug-likeness (QED) is 0.433. The molecule has 0 amide bonds. The van der Waals surface area contributed by atoms with Crippen LogP contribution >= 0.6 is 27.5 Å². The lowest BCUT2D eigenvalue weighted by Crippen LogP contribution is -2.08. The van der Waals surface area contributed by atoms with Crippen molar-refractivity contribution >= 4 is 33.3 Å². The molecule has 30 heavy (non-hydrogen) atoms. The monoisotopic (exact) mass is 481 g/mol. The molecule has 2 aromatic carbocycles. The molecule has 152 valence electrons. The largest absolute Gasteiger partial charge is 0.488 e. The molecule has 1 aromatic heterocycles. The van der Waals surface area contributed by atoms with Crippen LogP contribution in [0.25, 0.3) is 11.1 Å². The molecule has 0 unspecified atom stereocenters. The molecule has 0 saturated carbocycles. The Morgan fingerprint density at radius 3 is 2.63 bits per heavy atom. The van der Waals surface area contributed by atoms with E-state index in [1.165, 1.54) is 0 Å². The first-order valence-electron chi connectivity index (χ1n) is 9.95. The summed E-state index contributed by atoms with van der Waals surface area (Å²) in [6.45, 7) is 0.399. The summed E-state index contributed by atoms with van der Waals surface area (Å²) in [5, 5.41) is 10.6. The highest BCUT2D eigenvalue weighted by Crippen LogP contribution is 2.41. The standard InChI is InChI=1S/C24H21BrClN3O/c25-16-8-11-22(30-14-15-6-9-17(26)10-7-15)19(12-16)23-18-4-2-1-3-5-21(18)29-24(28)20(23)13-27/h6-12H,1-5,14H2,(H2,28,29). The molecule has 0 saturated heterocycles. The maximum atomic E-state index is 9.89. The lowest BCUT2D eigenvalue weighted by atomic mass is 9.91. The van der Waals surface area contributed by atoms with Crippen LogP contribution in [0.2, 0.25) is 5.02 Å². The van der Waals surface area contributed by atoms with Gasteiger partial charge in [-0.2, -0.15) is 5.26 Å². The van der Waals surface area contributed by atoms with Crippen molar-refractivity contribution in [2.45, 2.75) is 38.7 Å². The van der Waals surface area contributed by atoms with Crippen molar-refractivity contribution in [2.75, 3.05) is 5.73 Å². The second-order valence-corrected chi connectivity index (χ2v) is 8.75. The van der Waals surface area contributed by atoms with E-state index in [4.69, 9.17) is 22.1 Å². The molecule has 6 heteroatoms. The molecule has 0 spiro atoms. The van der Waals surface area contributed by atoms with Gasteiger partial charge < -0.3 is 10.5 Å². The van der Waals surface area contributed by atoms with E-state index in [0.29, 0.717) is 22.9 Å². The Morgan fingerprint density at radius 1 is 1.10 bits per heavy atom. The number of nitrogen functional groups attached to an aromatic ring is 1. The Kier molecular flexibility index (Phi) is 6.26. The SMILES string of the molecule is N#Cc1c(N)nc2c(c1-c1cc(Br)ccc1OCc1ccc(Cl)cc1)CCCCC2. The Bertz CT molecular complexity index is 1120. The van der Waals surface area contributed by atoms with Gasteiger partial charge in [0, 0.05) is 26.3 Å². The number of anilines is 1. The van der Waals surface area contributed by atoms with Crippen LogP contribution in [0.5, 0.6) is 5.75 Å². The number of ether oxygens (including phenoxy) is 1. The predicted molar refractivity (Wildman–Crippen MR) is 124 cm³/mol. The smallest absolute Gasteiger partial charge is 0.142 e. The van der Waals surface area contributed by atoms with E-state index < -0.39 is 0 Å². The van der Waals surface area contributed by atoms with Crippen molar-refractivity contribution in [3.05, 3.63) is 74.3 Å². The van der Waals surface area contributed by atoms with E-state index >= 15 is 0 Å². The molecule has 0 aliphatic heterocycles. The first kappa shape index (κ1) is 20.7. The van der Waals surface area contributed by atoms with Crippen LogP contribution in [0, 0.1) is 11.3 Å². The highest BCUT2D eigenvalue weighted by Gasteiger charge is 2.23. The lowest BCUT2D eigenvalue weighted by molar-refractivity contribution is 0.307. The molecule has 1 aliphatic carbocycles. The molecule has 1 aliphatic rings. The fraction of sp³-hybridized carbons (Fsp3) is 0.250. The summed E-state index contributed by atoms with van der Waals surface area (Å²) < 4.78 is 7.11. The summed E-state index contributed by atoms with van der Waals surface area (Å²) in [7, 11) is 0. The van der Waals surface area contributed by atoms with Gasteiger partial charge in [-0.1, -0.05) is 46.1 Å². The van der Waals surface area contributed by atoms with Crippen molar-refractivity contribution < 1.29 is 4.74 Å². The summed E-state index contributed by atoms with van der Waals surface area (Å²) in [6.07, 6.45) is 5.08.